The van der Waals surface area contributed by atoms with Crippen molar-refractivity contribution in [2.24, 2.45) is 0 Å². The van der Waals surface area contributed by atoms with E-state index >= 15 is 0 Å². The van der Waals surface area contributed by atoms with E-state index in [0.29, 0.717) is 30.5 Å². The number of nitrogens with zero attached hydrogens (tertiary/aromatic N) is 1. The van der Waals surface area contributed by atoms with Crippen LogP contribution in [0.2, 0.25) is 0 Å². The van der Waals surface area contributed by atoms with Gasteiger partial charge in [0.05, 0.1) is 0 Å². The van der Waals surface area contributed by atoms with Crippen LogP contribution in [-0.2, 0) is 22.1 Å². The van der Waals surface area contributed by atoms with E-state index in [2.05, 4.69) is 30.5 Å². The number of amides is 1. The largest absolute Gasteiger partial charge is 0.335 e. The third-order valence-corrected chi connectivity index (χ3v) is 5.73. The lowest BCUT2D eigenvalue weighted by Crippen LogP contribution is -2.33. The molecule has 0 aromatic heterocycles. The van der Waals surface area contributed by atoms with Gasteiger partial charge in [-0.2, -0.15) is 0 Å². The zero-order valence-corrected chi connectivity index (χ0v) is 14.3. The minimum absolute atomic E-state index is 0.147. The zero-order valence-electron chi connectivity index (χ0n) is 12.7. The summed E-state index contributed by atoms with van der Waals surface area (Å²) in [5.41, 5.74) is 1.17. The minimum Gasteiger partial charge on any atom is -0.335 e. The van der Waals surface area contributed by atoms with E-state index in [4.69, 9.17) is 0 Å². The Kier molecular flexibility index (Phi) is 6.30. The predicted molar refractivity (Wildman–Crippen MR) is 90.0 cm³/mol. The fraction of sp³-hybridized carbons (Fsp3) is 0.562. The normalized spacial score (nSPS) is 15.7. The summed E-state index contributed by atoms with van der Waals surface area (Å²) in [6.07, 6.45) is 4.67. The number of hydrogen-bond donors (Lipinski definition) is 0. The van der Waals surface area contributed by atoms with Crippen LogP contribution < -0.4 is 0 Å². The smallest absolute Gasteiger partial charge is 0.224 e. The molecule has 1 aromatic carbocycles. The Morgan fingerprint density at radius 2 is 2.00 bits per heavy atom. The molecule has 1 saturated carbocycles. The van der Waals surface area contributed by atoms with E-state index in [0.717, 1.165) is 12.8 Å². The van der Waals surface area contributed by atoms with E-state index in [1.807, 2.05) is 11.8 Å². The monoisotopic (exact) mass is 325 g/mol. The number of rotatable bonds is 8. The topological polar surface area (TPSA) is 37.4 Å². The molecule has 1 amide bonds. The highest BCUT2D eigenvalue weighted by molar-refractivity contribution is 7.98. The third-order valence-electron chi connectivity index (χ3n) is 3.69. The van der Waals surface area contributed by atoms with Crippen molar-refractivity contribution in [3.05, 3.63) is 29.8 Å². The molecular weight excluding hydrogens is 302 g/mol. The van der Waals surface area contributed by atoms with Crippen LogP contribution in [0.4, 0.5) is 0 Å². The van der Waals surface area contributed by atoms with E-state index in [-0.39, 0.29) is 5.91 Å². The van der Waals surface area contributed by atoms with E-state index in [1.54, 1.807) is 11.8 Å². The standard InChI is InChI=1S/C16H23NO2S2/c1-3-21(19)11-10-16(18)17(14-6-7-14)12-13-4-8-15(20-2)9-5-13/h4-5,8-9,14H,3,6-7,10-12H2,1-2H3. The van der Waals surface area contributed by atoms with Gasteiger partial charge < -0.3 is 4.90 Å². The van der Waals surface area contributed by atoms with Crippen molar-refractivity contribution < 1.29 is 9.00 Å². The molecule has 21 heavy (non-hydrogen) atoms. The van der Waals surface area contributed by atoms with Gasteiger partial charge in [0, 0.05) is 46.2 Å². The molecule has 1 aliphatic rings. The highest BCUT2D eigenvalue weighted by atomic mass is 32.2. The van der Waals surface area contributed by atoms with Gasteiger partial charge in [-0.15, -0.1) is 11.8 Å². The lowest BCUT2D eigenvalue weighted by molar-refractivity contribution is -0.131. The molecule has 0 spiro atoms. The van der Waals surface area contributed by atoms with Crippen molar-refractivity contribution in [2.45, 2.75) is 43.7 Å². The summed E-state index contributed by atoms with van der Waals surface area (Å²) >= 11 is 1.72. The quantitative estimate of drug-likeness (QED) is 0.689. The molecule has 5 heteroatoms. The van der Waals surface area contributed by atoms with Crippen molar-refractivity contribution in [1.29, 1.82) is 0 Å². The highest BCUT2D eigenvalue weighted by Crippen LogP contribution is 2.29. The number of hydrogen-bond acceptors (Lipinski definition) is 3. The molecular formula is C16H23NO2S2. The molecule has 116 valence electrons. The van der Waals surface area contributed by atoms with E-state index < -0.39 is 10.8 Å². The van der Waals surface area contributed by atoms with Crippen LogP contribution in [0.1, 0.15) is 31.7 Å². The van der Waals surface area contributed by atoms with Crippen molar-refractivity contribution in [1.82, 2.24) is 4.90 Å². The van der Waals surface area contributed by atoms with Crippen LogP contribution >= 0.6 is 11.8 Å². The summed E-state index contributed by atoms with van der Waals surface area (Å²) in [4.78, 5) is 15.6. The van der Waals surface area contributed by atoms with Crippen LogP contribution in [-0.4, -0.2) is 38.8 Å². The molecule has 0 heterocycles. The molecule has 1 aromatic rings. The van der Waals surface area contributed by atoms with Crippen molar-refractivity contribution in [2.75, 3.05) is 17.8 Å². The number of benzene rings is 1. The Bertz CT molecular complexity index is 498. The minimum atomic E-state index is -0.858. The molecule has 0 aliphatic heterocycles. The fourth-order valence-corrected chi connectivity index (χ4v) is 3.32. The molecule has 0 saturated heterocycles. The second-order valence-electron chi connectivity index (χ2n) is 5.28. The number of thioether (sulfide) groups is 1. The average molecular weight is 325 g/mol. The summed E-state index contributed by atoms with van der Waals surface area (Å²) in [5.74, 6) is 1.27. The SMILES string of the molecule is CCS(=O)CCC(=O)N(Cc1ccc(SC)cc1)C1CC1. The summed E-state index contributed by atoms with van der Waals surface area (Å²) in [7, 11) is -0.858. The Labute approximate surface area is 133 Å². The van der Waals surface area contributed by atoms with Crippen LogP contribution in [0, 0.1) is 0 Å². The summed E-state index contributed by atoms with van der Waals surface area (Å²) < 4.78 is 11.5. The van der Waals surface area contributed by atoms with Crippen LogP contribution in [0.15, 0.2) is 29.2 Å². The second kappa shape index (κ2) is 7.99. The van der Waals surface area contributed by atoms with Crippen LogP contribution in [0.25, 0.3) is 0 Å². The summed E-state index contributed by atoms with van der Waals surface area (Å²) in [6.45, 7) is 2.57. The summed E-state index contributed by atoms with van der Waals surface area (Å²) in [5, 5.41) is 0. The predicted octanol–water partition coefficient (Wildman–Crippen LogP) is 3.06. The highest BCUT2D eigenvalue weighted by Gasteiger charge is 2.32. The molecule has 3 nitrogen and oxygen atoms in total. The Hall–Kier alpha value is -0.810. The average Bonchev–Trinajstić information content (AvgIpc) is 3.35. The van der Waals surface area contributed by atoms with Crippen molar-refractivity contribution in [3.8, 4) is 0 Å². The lowest BCUT2D eigenvalue weighted by atomic mass is 10.2. The molecule has 0 bridgehead atoms. The van der Waals surface area contributed by atoms with Gasteiger partial charge in [-0.1, -0.05) is 19.1 Å². The van der Waals surface area contributed by atoms with Gasteiger partial charge in [-0.3, -0.25) is 9.00 Å². The maximum Gasteiger partial charge on any atom is 0.224 e. The first-order chi connectivity index (χ1) is 10.1. The van der Waals surface area contributed by atoms with Crippen LogP contribution in [0.5, 0.6) is 0 Å². The Morgan fingerprint density at radius 1 is 1.33 bits per heavy atom. The molecule has 0 N–H and O–H groups in total. The first-order valence-electron chi connectivity index (χ1n) is 7.41. The number of carbonyl (C=O) groups is 1. The van der Waals surface area contributed by atoms with E-state index in [1.165, 1.54) is 10.5 Å². The fourth-order valence-electron chi connectivity index (χ4n) is 2.22. The van der Waals surface area contributed by atoms with Gasteiger partial charge in [0.1, 0.15) is 0 Å². The van der Waals surface area contributed by atoms with Crippen molar-refractivity contribution in [3.63, 3.8) is 0 Å². The first kappa shape index (κ1) is 16.6. The second-order valence-corrected chi connectivity index (χ2v) is 8.03. The lowest BCUT2D eigenvalue weighted by Gasteiger charge is -2.22. The van der Waals surface area contributed by atoms with Gasteiger partial charge in [0.25, 0.3) is 0 Å². The maximum atomic E-state index is 12.4. The zero-order chi connectivity index (χ0) is 15.2. The van der Waals surface area contributed by atoms with Gasteiger partial charge in [-0.25, -0.2) is 0 Å². The Morgan fingerprint density at radius 3 is 2.52 bits per heavy atom. The van der Waals surface area contributed by atoms with Gasteiger partial charge >= 0.3 is 0 Å². The summed E-state index contributed by atoms with van der Waals surface area (Å²) in [6, 6.07) is 8.79. The van der Waals surface area contributed by atoms with E-state index in [9.17, 15) is 9.00 Å². The van der Waals surface area contributed by atoms with Gasteiger partial charge in [-0.05, 0) is 36.8 Å². The number of carbonyl (C=O) groups excluding carboxylic acids is 1. The molecule has 1 fully saturated rings. The van der Waals surface area contributed by atoms with Crippen LogP contribution in [0.3, 0.4) is 0 Å². The molecule has 1 unspecified atom stereocenters. The Balaban J connectivity index is 1.94. The maximum absolute atomic E-state index is 12.4. The first-order valence-corrected chi connectivity index (χ1v) is 10.1. The molecule has 1 atom stereocenters. The van der Waals surface area contributed by atoms with Crippen molar-refractivity contribution >= 4 is 28.5 Å². The molecule has 0 radical (unpaired) electrons. The molecule has 2 rings (SSSR count). The van der Waals surface area contributed by atoms with Gasteiger partial charge in [0.15, 0.2) is 0 Å². The third kappa shape index (κ3) is 5.15. The molecule has 1 aliphatic carbocycles. The van der Waals surface area contributed by atoms with Gasteiger partial charge in [0.2, 0.25) is 5.91 Å².